The molecule has 0 bridgehead atoms. The number of anilines is 2. The second-order valence-electron chi connectivity index (χ2n) is 5.00. The van der Waals surface area contributed by atoms with Gasteiger partial charge >= 0.3 is 0 Å². The number of hydrogen-bond donors (Lipinski definition) is 1. The predicted octanol–water partition coefficient (Wildman–Crippen LogP) is 5.18. The fourth-order valence-electron chi connectivity index (χ4n) is 2.58. The summed E-state index contributed by atoms with van der Waals surface area (Å²) in [5, 5.41) is 7.12. The summed E-state index contributed by atoms with van der Waals surface area (Å²) >= 11 is 6.35. The highest BCUT2D eigenvalue weighted by atomic mass is 35.5. The Morgan fingerprint density at radius 2 is 1.59 bits per heavy atom. The molecule has 0 aliphatic heterocycles. The third-order valence-corrected chi connectivity index (χ3v) is 3.93. The van der Waals surface area contributed by atoms with Crippen LogP contribution in [0.5, 0.6) is 0 Å². The largest absolute Gasteiger partial charge is 0.338 e. The number of benzene rings is 2. The van der Waals surface area contributed by atoms with Crippen molar-refractivity contribution in [3.05, 3.63) is 72.0 Å². The number of aromatic nitrogens is 2. The van der Waals surface area contributed by atoms with Crippen molar-refractivity contribution in [1.29, 1.82) is 0 Å². The van der Waals surface area contributed by atoms with Crippen LogP contribution in [0.1, 0.15) is 0 Å². The molecule has 3 nitrogen and oxygen atoms in total. The number of rotatable bonds is 2. The Kier molecular flexibility index (Phi) is 3.13. The first-order valence-electron chi connectivity index (χ1n) is 6.97. The monoisotopic (exact) mass is 305 g/mol. The third-order valence-electron chi connectivity index (χ3n) is 3.65. The molecule has 22 heavy (non-hydrogen) atoms. The molecule has 0 spiro atoms. The smallest absolute Gasteiger partial charge is 0.138 e. The molecule has 0 saturated heterocycles. The molecule has 0 radical (unpaired) electrons. The van der Waals surface area contributed by atoms with Gasteiger partial charge in [0, 0.05) is 23.2 Å². The minimum absolute atomic E-state index is 0.577. The van der Waals surface area contributed by atoms with Crippen molar-refractivity contribution in [3.63, 3.8) is 0 Å². The van der Waals surface area contributed by atoms with Gasteiger partial charge in [-0.25, -0.2) is 4.98 Å². The first-order valence-corrected chi connectivity index (χ1v) is 7.35. The van der Waals surface area contributed by atoms with Gasteiger partial charge in [0.25, 0.3) is 0 Å². The van der Waals surface area contributed by atoms with E-state index in [1.807, 2.05) is 48.5 Å². The first kappa shape index (κ1) is 13.0. The fraction of sp³-hybridized carbons (Fsp3) is 0. The second-order valence-corrected chi connectivity index (χ2v) is 5.41. The van der Waals surface area contributed by atoms with Crippen LogP contribution in [0.2, 0.25) is 5.02 Å². The molecule has 106 valence electrons. The Bertz CT molecular complexity index is 977. The Morgan fingerprint density at radius 3 is 2.50 bits per heavy atom. The lowest BCUT2D eigenvalue weighted by Crippen LogP contribution is -1.97. The number of halogens is 1. The summed E-state index contributed by atoms with van der Waals surface area (Å²) in [4.78, 5) is 8.81. The zero-order chi connectivity index (χ0) is 14.9. The summed E-state index contributed by atoms with van der Waals surface area (Å²) in [6.07, 6.45) is 3.46. The van der Waals surface area contributed by atoms with Crippen molar-refractivity contribution >= 4 is 44.8 Å². The minimum Gasteiger partial charge on any atom is -0.338 e. The average molecular weight is 306 g/mol. The Morgan fingerprint density at radius 1 is 0.818 bits per heavy atom. The maximum Gasteiger partial charge on any atom is 0.138 e. The number of para-hydroxylation sites is 1. The second kappa shape index (κ2) is 5.28. The normalized spacial score (nSPS) is 11.0. The molecule has 4 aromatic rings. The van der Waals surface area contributed by atoms with Gasteiger partial charge in [-0.3, -0.25) is 4.98 Å². The maximum absolute atomic E-state index is 6.35. The fourth-order valence-corrected chi connectivity index (χ4v) is 2.78. The highest BCUT2D eigenvalue weighted by Crippen LogP contribution is 2.33. The van der Waals surface area contributed by atoms with E-state index in [0.29, 0.717) is 5.02 Å². The van der Waals surface area contributed by atoms with Gasteiger partial charge in [0.15, 0.2) is 0 Å². The standard InChI is InChI=1S/C18H12ClN3/c19-15-11-21-16-8-4-3-7-14(16)17(15)22-18-13-6-2-1-5-12(13)9-10-20-18/h1-11H,(H,20,21,22). The van der Waals surface area contributed by atoms with E-state index in [2.05, 4.69) is 21.4 Å². The summed E-state index contributed by atoms with van der Waals surface area (Å²) in [6, 6.07) is 18.0. The van der Waals surface area contributed by atoms with Crippen molar-refractivity contribution < 1.29 is 0 Å². The topological polar surface area (TPSA) is 37.8 Å². The molecule has 2 aromatic carbocycles. The molecule has 2 heterocycles. The number of nitrogens with one attached hydrogen (secondary N) is 1. The zero-order valence-electron chi connectivity index (χ0n) is 11.6. The predicted molar refractivity (Wildman–Crippen MR) is 91.8 cm³/mol. The number of pyridine rings is 2. The van der Waals surface area contributed by atoms with E-state index in [4.69, 9.17) is 11.6 Å². The van der Waals surface area contributed by atoms with E-state index in [9.17, 15) is 0 Å². The first-order chi connectivity index (χ1) is 10.8. The number of fused-ring (bicyclic) bond motifs is 2. The van der Waals surface area contributed by atoms with Gasteiger partial charge in [0.2, 0.25) is 0 Å². The quantitative estimate of drug-likeness (QED) is 0.554. The summed E-state index contributed by atoms with van der Waals surface area (Å²) in [5.41, 5.74) is 1.73. The van der Waals surface area contributed by atoms with Gasteiger partial charge < -0.3 is 5.32 Å². The van der Waals surface area contributed by atoms with Crippen LogP contribution in [-0.4, -0.2) is 9.97 Å². The lowest BCUT2D eigenvalue weighted by atomic mass is 10.1. The Balaban J connectivity index is 1.91. The maximum atomic E-state index is 6.35. The lowest BCUT2D eigenvalue weighted by Gasteiger charge is -2.12. The molecule has 0 amide bonds. The lowest BCUT2D eigenvalue weighted by molar-refractivity contribution is 1.33. The van der Waals surface area contributed by atoms with Crippen LogP contribution in [0, 0.1) is 0 Å². The van der Waals surface area contributed by atoms with Gasteiger partial charge in [0.1, 0.15) is 5.82 Å². The van der Waals surface area contributed by atoms with E-state index in [0.717, 1.165) is 33.2 Å². The van der Waals surface area contributed by atoms with Crippen molar-refractivity contribution in [3.8, 4) is 0 Å². The third kappa shape index (κ3) is 2.16. The van der Waals surface area contributed by atoms with Gasteiger partial charge in [0.05, 0.1) is 16.2 Å². The summed E-state index contributed by atoms with van der Waals surface area (Å²) < 4.78 is 0. The molecule has 1 N–H and O–H groups in total. The van der Waals surface area contributed by atoms with Crippen molar-refractivity contribution in [2.45, 2.75) is 0 Å². The average Bonchev–Trinajstić information content (AvgIpc) is 2.58. The molecule has 2 aromatic heterocycles. The van der Waals surface area contributed by atoms with Crippen molar-refractivity contribution in [2.24, 2.45) is 0 Å². The Hall–Kier alpha value is -2.65. The van der Waals surface area contributed by atoms with Crippen LogP contribution in [-0.2, 0) is 0 Å². The van der Waals surface area contributed by atoms with E-state index in [1.54, 1.807) is 12.4 Å². The van der Waals surface area contributed by atoms with Crippen LogP contribution < -0.4 is 5.32 Å². The van der Waals surface area contributed by atoms with Gasteiger partial charge in [-0.15, -0.1) is 0 Å². The minimum atomic E-state index is 0.577. The SMILES string of the molecule is Clc1cnc2ccccc2c1Nc1nccc2ccccc12. The molecule has 0 atom stereocenters. The molecule has 0 fully saturated rings. The van der Waals surface area contributed by atoms with Crippen LogP contribution in [0.3, 0.4) is 0 Å². The van der Waals surface area contributed by atoms with Crippen LogP contribution >= 0.6 is 11.6 Å². The molecule has 0 aliphatic carbocycles. The van der Waals surface area contributed by atoms with Crippen LogP contribution in [0.15, 0.2) is 67.0 Å². The summed E-state index contributed by atoms with van der Waals surface area (Å²) in [6.45, 7) is 0. The molecule has 0 aliphatic rings. The van der Waals surface area contributed by atoms with Crippen LogP contribution in [0.4, 0.5) is 11.5 Å². The van der Waals surface area contributed by atoms with E-state index >= 15 is 0 Å². The molecule has 4 rings (SSSR count). The molecular formula is C18H12ClN3. The van der Waals surface area contributed by atoms with Crippen molar-refractivity contribution in [1.82, 2.24) is 9.97 Å². The number of nitrogens with zero attached hydrogens (tertiary/aromatic N) is 2. The highest BCUT2D eigenvalue weighted by Gasteiger charge is 2.09. The Labute approximate surface area is 132 Å². The van der Waals surface area contributed by atoms with E-state index in [1.165, 1.54) is 0 Å². The zero-order valence-corrected chi connectivity index (χ0v) is 12.4. The number of hydrogen-bond acceptors (Lipinski definition) is 3. The van der Waals surface area contributed by atoms with Crippen LogP contribution in [0.25, 0.3) is 21.7 Å². The molecule has 4 heteroatoms. The molecule has 0 unspecified atom stereocenters. The summed E-state index contributed by atoms with van der Waals surface area (Å²) in [5.74, 6) is 0.788. The molecular weight excluding hydrogens is 294 g/mol. The molecule has 0 saturated carbocycles. The summed E-state index contributed by atoms with van der Waals surface area (Å²) in [7, 11) is 0. The van der Waals surface area contributed by atoms with Gasteiger partial charge in [-0.1, -0.05) is 54.1 Å². The van der Waals surface area contributed by atoms with Crippen molar-refractivity contribution in [2.75, 3.05) is 5.32 Å². The van der Waals surface area contributed by atoms with E-state index < -0.39 is 0 Å². The van der Waals surface area contributed by atoms with E-state index in [-0.39, 0.29) is 0 Å². The highest BCUT2D eigenvalue weighted by molar-refractivity contribution is 6.34. The van der Waals surface area contributed by atoms with Gasteiger partial charge in [-0.2, -0.15) is 0 Å². The van der Waals surface area contributed by atoms with Gasteiger partial charge in [-0.05, 0) is 17.5 Å².